The molecule has 0 aromatic carbocycles. The second-order valence-corrected chi connectivity index (χ2v) is 6.46. The van der Waals surface area contributed by atoms with Crippen LogP contribution in [0.5, 0.6) is 0 Å². The average Bonchev–Trinajstić information content (AvgIpc) is 2.69. The average molecular weight is 305 g/mol. The van der Waals surface area contributed by atoms with Crippen LogP contribution < -0.4 is 5.32 Å². The number of likely N-dealkylation sites (N-methyl/N-ethyl adjacent to an activating group) is 1. The Morgan fingerprint density at radius 2 is 2.31 bits per heavy atom. The number of halogens is 1. The van der Waals surface area contributed by atoms with Crippen molar-refractivity contribution in [2.75, 3.05) is 20.1 Å². The molecule has 1 aromatic heterocycles. The van der Waals surface area contributed by atoms with Crippen LogP contribution in [-0.4, -0.2) is 31.1 Å². The summed E-state index contributed by atoms with van der Waals surface area (Å²) < 4.78 is 1.21. The summed E-state index contributed by atoms with van der Waals surface area (Å²) in [5, 5.41) is 5.66. The second kappa shape index (κ2) is 7.43. The molecule has 4 heteroatoms. The van der Waals surface area contributed by atoms with Crippen LogP contribution in [0.1, 0.15) is 25.8 Å². The maximum atomic E-state index is 3.48. The molecule has 1 unspecified atom stereocenters. The van der Waals surface area contributed by atoms with Gasteiger partial charge in [-0.2, -0.15) is 0 Å². The lowest BCUT2D eigenvalue weighted by Gasteiger charge is -2.23. The highest BCUT2D eigenvalue weighted by atomic mass is 79.9. The largest absolute Gasteiger partial charge is 0.311 e. The van der Waals surface area contributed by atoms with E-state index < -0.39 is 0 Å². The van der Waals surface area contributed by atoms with Crippen molar-refractivity contribution in [1.82, 2.24) is 10.2 Å². The lowest BCUT2D eigenvalue weighted by atomic mass is 10.2. The summed E-state index contributed by atoms with van der Waals surface area (Å²) in [4.78, 5) is 2.40. The van der Waals surface area contributed by atoms with Crippen molar-refractivity contribution in [2.45, 2.75) is 32.9 Å². The van der Waals surface area contributed by atoms with Gasteiger partial charge in [-0.15, -0.1) is 11.3 Å². The van der Waals surface area contributed by atoms with Gasteiger partial charge in [0.25, 0.3) is 0 Å². The third-order valence-corrected chi connectivity index (χ3v) is 4.49. The number of rotatable bonds is 7. The summed E-state index contributed by atoms with van der Waals surface area (Å²) in [7, 11) is 2.19. The van der Waals surface area contributed by atoms with E-state index in [0.29, 0.717) is 6.04 Å². The van der Waals surface area contributed by atoms with Gasteiger partial charge in [-0.3, -0.25) is 0 Å². The molecule has 0 bridgehead atoms. The van der Waals surface area contributed by atoms with E-state index in [0.717, 1.165) is 19.6 Å². The minimum Gasteiger partial charge on any atom is -0.311 e. The number of nitrogens with one attached hydrogen (secondary N) is 1. The Morgan fingerprint density at radius 1 is 1.56 bits per heavy atom. The van der Waals surface area contributed by atoms with Crippen LogP contribution >= 0.6 is 27.3 Å². The first-order valence-corrected chi connectivity index (χ1v) is 7.44. The molecule has 16 heavy (non-hydrogen) atoms. The van der Waals surface area contributed by atoms with E-state index in [1.54, 1.807) is 11.3 Å². The van der Waals surface area contributed by atoms with Crippen LogP contribution in [0.4, 0.5) is 0 Å². The fraction of sp³-hybridized carbons (Fsp3) is 0.667. The predicted octanol–water partition coefficient (Wildman–Crippen LogP) is 3.33. The van der Waals surface area contributed by atoms with Gasteiger partial charge in [0.15, 0.2) is 0 Å². The molecule has 0 saturated heterocycles. The molecule has 0 radical (unpaired) electrons. The molecule has 1 N–H and O–H groups in total. The molecule has 2 nitrogen and oxygen atoms in total. The molecule has 0 spiro atoms. The Balaban J connectivity index is 2.12. The number of thiophene rings is 1. The van der Waals surface area contributed by atoms with Gasteiger partial charge in [-0.25, -0.2) is 0 Å². The van der Waals surface area contributed by atoms with Crippen molar-refractivity contribution in [2.24, 2.45) is 0 Å². The zero-order valence-electron chi connectivity index (χ0n) is 10.3. The quantitative estimate of drug-likeness (QED) is 0.777. The van der Waals surface area contributed by atoms with Gasteiger partial charge in [0.05, 0.1) is 3.79 Å². The van der Waals surface area contributed by atoms with Crippen molar-refractivity contribution in [3.63, 3.8) is 0 Å². The standard InChI is InChI=1S/C12H21BrN2S/c1-4-10(2)15(3)6-5-14-8-11-7-12(13)16-9-11/h7,9-10,14H,4-6,8H2,1-3H3. The van der Waals surface area contributed by atoms with Crippen molar-refractivity contribution in [3.8, 4) is 0 Å². The summed E-state index contributed by atoms with van der Waals surface area (Å²) in [6, 6.07) is 2.85. The molecule has 0 saturated carbocycles. The minimum absolute atomic E-state index is 0.678. The third kappa shape index (κ3) is 4.95. The monoisotopic (exact) mass is 304 g/mol. The predicted molar refractivity (Wildman–Crippen MR) is 76.1 cm³/mol. The number of hydrogen-bond donors (Lipinski definition) is 1. The third-order valence-electron chi connectivity index (χ3n) is 2.94. The summed E-state index contributed by atoms with van der Waals surface area (Å²) >= 11 is 5.22. The normalized spacial score (nSPS) is 13.3. The van der Waals surface area contributed by atoms with Gasteiger partial charge < -0.3 is 10.2 Å². The summed E-state index contributed by atoms with van der Waals surface area (Å²) in [6.07, 6.45) is 1.22. The Kier molecular flexibility index (Phi) is 6.58. The smallest absolute Gasteiger partial charge is 0.0701 e. The zero-order valence-corrected chi connectivity index (χ0v) is 12.7. The van der Waals surface area contributed by atoms with Crippen LogP contribution in [0, 0.1) is 0 Å². The summed E-state index contributed by atoms with van der Waals surface area (Å²) in [6.45, 7) is 7.64. The molecule has 0 aliphatic rings. The summed E-state index contributed by atoms with van der Waals surface area (Å²) in [5.41, 5.74) is 1.36. The summed E-state index contributed by atoms with van der Waals surface area (Å²) in [5.74, 6) is 0. The van der Waals surface area contributed by atoms with Gasteiger partial charge in [0.1, 0.15) is 0 Å². The van der Waals surface area contributed by atoms with Crippen LogP contribution in [0.3, 0.4) is 0 Å². The van der Waals surface area contributed by atoms with Crippen molar-refractivity contribution in [3.05, 3.63) is 20.8 Å². The van der Waals surface area contributed by atoms with Crippen molar-refractivity contribution >= 4 is 27.3 Å². The Labute approximate surface area is 111 Å². The first kappa shape index (κ1) is 14.2. The molecular weight excluding hydrogens is 284 g/mol. The minimum atomic E-state index is 0.678. The molecule has 1 heterocycles. The van der Waals surface area contributed by atoms with E-state index in [9.17, 15) is 0 Å². The van der Waals surface area contributed by atoms with Gasteiger partial charge in [-0.1, -0.05) is 6.92 Å². The first-order valence-electron chi connectivity index (χ1n) is 5.77. The lowest BCUT2D eigenvalue weighted by molar-refractivity contribution is 0.252. The van der Waals surface area contributed by atoms with E-state index in [4.69, 9.17) is 0 Å². The Morgan fingerprint density at radius 3 is 2.88 bits per heavy atom. The highest BCUT2D eigenvalue weighted by molar-refractivity contribution is 9.11. The zero-order chi connectivity index (χ0) is 12.0. The molecular formula is C12H21BrN2S. The number of hydrogen-bond acceptors (Lipinski definition) is 3. The van der Waals surface area contributed by atoms with E-state index in [-0.39, 0.29) is 0 Å². The lowest BCUT2D eigenvalue weighted by Crippen LogP contribution is -2.34. The van der Waals surface area contributed by atoms with E-state index in [1.807, 2.05) is 0 Å². The molecule has 1 rings (SSSR count). The van der Waals surface area contributed by atoms with Crippen LogP contribution in [-0.2, 0) is 6.54 Å². The molecule has 0 aliphatic heterocycles. The Bertz CT molecular complexity index is 301. The number of nitrogens with zero attached hydrogens (tertiary/aromatic N) is 1. The van der Waals surface area contributed by atoms with E-state index >= 15 is 0 Å². The maximum absolute atomic E-state index is 3.48. The van der Waals surface area contributed by atoms with Crippen molar-refractivity contribution in [1.29, 1.82) is 0 Å². The van der Waals surface area contributed by atoms with Gasteiger partial charge in [-0.05, 0) is 53.3 Å². The Hall–Kier alpha value is 0.100. The first-order chi connectivity index (χ1) is 7.63. The molecule has 0 amide bonds. The van der Waals surface area contributed by atoms with Crippen LogP contribution in [0.15, 0.2) is 15.2 Å². The second-order valence-electron chi connectivity index (χ2n) is 4.17. The highest BCUT2D eigenvalue weighted by Gasteiger charge is 2.05. The highest BCUT2D eigenvalue weighted by Crippen LogP contribution is 2.20. The molecule has 1 atom stereocenters. The molecule has 0 fully saturated rings. The molecule has 0 aliphatic carbocycles. The van der Waals surface area contributed by atoms with Gasteiger partial charge >= 0.3 is 0 Å². The fourth-order valence-electron chi connectivity index (χ4n) is 1.46. The molecule has 1 aromatic rings. The van der Waals surface area contributed by atoms with Crippen LogP contribution in [0.25, 0.3) is 0 Å². The maximum Gasteiger partial charge on any atom is 0.0701 e. The fourth-order valence-corrected chi connectivity index (χ4v) is 2.67. The van der Waals surface area contributed by atoms with Crippen LogP contribution in [0.2, 0.25) is 0 Å². The van der Waals surface area contributed by atoms with E-state index in [2.05, 4.69) is 58.5 Å². The van der Waals surface area contributed by atoms with Gasteiger partial charge in [0.2, 0.25) is 0 Å². The van der Waals surface area contributed by atoms with E-state index in [1.165, 1.54) is 15.8 Å². The van der Waals surface area contributed by atoms with Crippen molar-refractivity contribution < 1.29 is 0 Å². The molecule has 92 valence electrons. The van der Waals surface area contributed by atoms with Gasteiger partial charge in [0, 0.05) is 25.7 Å². The topological polar surface area (TPSA) is 15.3 Å². The SMILES string of the molecule is CCC(C)N(C)CCNCc1csc(Br)c1.